The van der Waals surface area contributed by atoms with Crippen molar-refractivity contribution in [2.75, 3.05) is 25.8 Å². The van der Waals surface area contributed by atoms with Crippen LogP contribution in [0.25, 0.3) is 0 Å². The number of benzene rings is 1. The summed E-state index contributed by atoms with van der Waals surface area (Å²) in [5, 5.41) is 2.76. The predicted molar refractivity (Wildman–Crippen MR) is 81.3 cm³/mol. The van der Waals surface area contributed by atoms with Crippen molar-refractivity contribution in [3.8, 4) is 11.9 Å². The van der Waals surface area contributed by atoms with E-state index >= 15 is 0 Å². The fourth-order valence-electron chi connectivity index (χ4n) is 1.59. The van der Waals surface area contributed by atoms with Crippen LogP contribution in [0.5, 0.6) is 11.9 Å². The number of anilines is 1. The van der Waals surface area contributed by atoms with Crippen LogP contribution in [0.2, 0.25) is 0 Å². The summed E-state index contributed by atoms with van der Waals surface area (Å²) in [4.78, 5) is 21.3. The van der Waals surface area contributed by atoms with Gasteiger partial charge in [-0.05, 0) is 30.5 Å². The summed E-state index contributed by atoms with van der Waals surface area (Å²) >= 11 is 1.64. The molecule has 7 heteroatoms. The van der Waals surface area contributed by atoms with E-state index in [4.69, 9.17) is 9.47 Å². The van der Waals surface area contributed by atoms with Crippen molar-refractivity contribution >= 4 is 23.4 Å². The molecule has 0 fully saturated rings. The number of carbonyl (C=O) groups is 1. The van der Waals surface area contributed by atoms with Crippen LogP contribution in [0.1, 0.15) is 10.5 Å². The fourth-order valence-corrected chi connectivity index (χ4v) is 1.99. The molecule has 0 radical (unpaired) electrons. The minimum Gasteiger partial charge on any atom is -0.481 e. The van der Waals surface area contributed by atoms with Gasteiger partial charge in [-0.15, -0.1) is 11.8 Å². The molecule has 0 atom stereocenters. The number of aromatic nitrogens is 2. The molecule has 6 nitrogen and oxygen atoms in total. The van der Waals surface area contributed by atoms with Gasteiger partial charge in [0.2, 0.25) is 5.88 Å². The van der Waals surface area contributed by atoms with Gasteiger partial charge in [-0.3, -0.25) is 4.79 Å². The summed E-state index contributed by atoms with van der Waals surface area (Å²) in [7, 11) is 2.89. The van der Waals surface area contributed by atoms with Crippen molar-refractivity contribution < 1.29 is 14.3 Å². The average molecular weight is 305 g/mol. The third-order valence-corrected chi connectivity index (χ3v) is 3.40. The molecule has 1 amide bonds. The zero-order chi connectivity index (χ0) is 15.2. The van der Waals surface area contributed by atoms with Gasteiger partial charge in [-0.2, -0.15) is 9.97 Å². The summed E-state index contributed by atoms with van der Waals surface area (Å²) in [5.74, 6) is -0.0874. The number of hydrogen-bond donors (Lipinski definition) is 1. The number of nitrogens with zero attached hydrogens (tertiary/aromatic N) is 2. The quantitative estimate of drug-likeness (QED) is 0.855. The molecular formula is C14H15N3O3S. The minimum absolute atomic E-state index is 0.0808. The summed E-state index contributed by atoms with van der Waals surface area (Å²) in [5.41, 5.74) is 0.863. The van der Waals surface area contributed by atoms with Crippen LogP contribution < -0.4 is 14.8 Å². The number of thioether (sulfide) groups is 1. The average Bonchev–Trinajstić information content (AvgIpc) is 2.54. The van der Waals surface area contributed by atoms with E-state index in [-0.39, 0.29) is 23.5 Å². The third-order valence-electron chi connectivity index (χ3n) is 2.65. The Morgan fingerprint density at radius 3 is 2.43 bits per heavy atom. The normalized spacial score (nSPS) is 10.0. The molecule has 0 aliphatic rings. The molecule has 0 saturated carbocycles. The zero-order valence-corrected chi connectivity index (χ0v) is 12.7. The first-order valence-electron chi connectivity index (χ1n) is 6.08. The van der Waals surface area contributed by atoms with Crippen LogP contribution in [0.3, 0.4) is 0 Å². The van der Waals surface area contributed by atoms with E-state index in [1.54, 1.807) is 11.8 Å². The molecule has 1 aromatic carbocycles. The molecule has 1 N–H and O–H groups in total. The zero-order valence-electron chi connectivity index (χ0n) is 11.9. The first-order valence-corrected chi connectivity index (χ1v) is 7.31. The van der Waals surface area contributed by atoms with Crippen LogP contribution in [-0.2, 0) is 0 Å². The largest absolute Gasteiger partial charge is 0.481 e. The Balaban J connectivity index is 2.18. The van der Waals surface area contributed by atoms with Gasteiger partial charge in [0.05, 0.1) is 14.2 Å². The Morgan fingerprint density at radius 2 is 1.86 bits per heavy atom. The minimum atomic E-state index is -0.356. The molecule has 0 bridgehead atoms. The van der Waals surface area contributed by atoms with Crippen LogP contribution in [-0.4, -0.2) is 36.4 Å². The number of ether oxygens (including phenoxy) is 2. The Bertz CT molecular complexity index is 610. The van der Waals surface area contributed by atoms with Crippen molar-refractivity contribution in [2.45, 2.75) is 4.90 Å². The Kier molecular flexibility index (Phi) is 4.99. The highest BCUT2D eigenvalue weighted by atomic mass is 32.2. The van der Waals surface area contributed by atoms with Gasteiger partial charge < -0.3 is 14.8 Å². The fraction of sp³-hybridized carbons (Fsp3) is 0.214. The second-order valence-corrected chi connectivity index (χ2v) is 4.84. The number of hydrogen-bond acceptors (Lipinski definition) is 6. The molecule has 110 valence electrons. The summed E-state index contributed by atoms with van der Waals surface area (Å²) in [6, 6.07) is 9.06. The van der Waals surface area contributed by atoms with Crippen molar-refractivity contribution in [1.29, 1.82) is 0 Å². The van der Waals surface area contributed by atoms with E-state index in [1.165, 1.54) is 20.3 Å². The summed E-state index contributed by atoms with van der Waals surface area (Å²) in [6.45, 7) is 0. The topological polar surface area (TPSA) is 73.3 Å². The molecule has 0 spiro atoms. The van der Waals surface area contributed by atoms with Gasteiger partial charge >= 0.3 is 6.01 Å². The van der Waals surface area contributed by atoms with Gasteiger partial charge in [0, 0.05) is 16.6 Å². The molecule has 2 aromatic rings. The molecule has 0 aliphatic carbocycles. The molecular weight excluding hydrogens is 290 g/mol. The van der Waals surface area contributed by atoms with E-state index in [9.17, 15) is 4.79 Å². The van der Waals surface area contributed by atoms with Crippen molar-refractivity contribution in [2.24, 2.45) is 0 Å². The SMILES string of the molecule is COc1cc(C(=O)Nc2ccc(SC)cc2)nc(OC)n1. The second-order valence-electron chi connectivity index (χ2n) is 3.96. The predicted octanol–water partition coefficient (Wildman–Crippen LogP) is 2.47. The van der Waals surface area contributed by atoms with Crippen LogP contribution in [0, 0.1) is 0 Å². The number of nitrogens with one attached hydrogen (secondary N) is 1. The molecule has 2 rings (SSSR count). The lowest BCUT2D eigenvalue weighted by molar-refractivity contribution is 0.102. The molecule has 1 aromatic heterocycles. The van der Waals surface area contributed by atoms with E-state index < -0.39 is 0 Å². The number of carbonyl (C=O) groups excluding carboxylic acids is 1. The highest BCUT2D eigenvalue weighted by Crippen LogP contribution is 2.19. The van der Waals surface area contributed by atoms with E-state index in [1.807, 2.05) is 30.5 Å². The highest BCUT2D eigenvalue weighted by Gasteiger charge is 2.13. The summed E-state index contributed by atoms with van der Waals surface area (Å²) < 4.78 is 9.96. The van der Waals surface area contributed by atoms with Crippen LogP contribution in [0.4, 0.5) is 5.69 Å². The lowest BCUT2D eigenvalue weighted by Crippen LogP contribution is -2.14. The standard InChI is InChI=1S/C14H15N3O3S/c1-19-12-8-11(16-14(17-12)20-2)13(18)15-9-4-6-10(21-3)7-5-9/h4-8H,1-3H3,(H,15,18). The van der Waals surface area contributed by atoms with Crippen LogP contribution >= 0.6 is 11.8 Å². The summed E-state index contributed by atoms with van der Waals surface area (Å²) in [6.07, 6.45) is 1.99. The molecule has 0 saturated heterocycles. The number of methoxy groups -OCH3 is 2. The number of amides is 1. The molecule has 21 heavy (non-hydrogen) atoms. The Hall–Kier alpha value is -2.28. The monoisotopic (exact) mass is 305 g/mol. The van der Waals surface area contributed by atoms with Gasteiger partial charge in [0.15, 0.2) is 0 Å². The molecule has 0 aliphatic heterocycles. The lowest BCUT2D eigenvalue weighted by atomic mass is 10.3. The third kappa shape index (κ3) is 3.85. The van der Waals surface area contributed by atoms with Gasteiger partial charge in [-0.1, -0.05) is 0 Å². The maximum Gasteiger partial charge on any atom is 0.320 e. The van der Waals surface area contributed by atoms with E-state index in [0.29, 0.717) is 5.69 Å². The van der Waals surface area contributed by atoms with Gasteiger partial charge in [-0.25, -0.2) is 0 Å². The molecule has 1 heterocycles. The van der Waals surface area contributed by atoms with Crippen molar-refractivity contribution in [3.63, 3.8) is 0 Å². The van der Waals surface area contributed by atoms with E-state index in [0.717, 1.165) is 4.90 Å². The number of rotatable bonds is 5. The highest BCUT2D eigenvalue weighted by molar-refractivity contribution is 7.98. The second kappa shape index (κ2) is 6.94. The van der Waals surface area contributed by atoms with Crippen molar-refractivity contribution in [1.82, 2.24) is 9.97 Å². The van der Waals surface area contributed by atoms with Crippen molar-refractivity contribution in [3.05, 3.63) is 36.0 Å². The smallest absolute Gasteiger partial charge is 0.320 e. The first kappa shape index (κ1) is 15.1. The maximum absolute atomic E-state index is 12.2. The van der Waals surface area contributed by atoms with Gasteiger partial charge in [0.1, 0.15) is 5.69 Å². The van der Waals surface area contributed by atoms with E-state index in [2.05, 4.69) is 15.3 Å². The lowest BCUT2D eigenvalue weighted by Gasteiger charge is -2.07. The Morgan fingerprint density at radius 1 is 1.14 bits per heavy atom. The molecule has 0 unspecified atom stereocenters. The maximum atomic E-state index is 12.2. The van der Waals surface area contributed by atoms with Crippen LogP contribution in [0.15, 0.2) is 35.2 Å². The van der Waals surface area contributed by atoms with Gasteiger partial charge in [0.25, 0.3) is 5.91 Å². The Labute approximate surface area is 126 Å². The first-order chi connectivity index (χ1) is 10.2.